The number of hydrogen-bond donors (Lipinski definition) is 0. The number of anilines is 1. The second-order valence-electron chi connectivity index (χ2n) is 6.79. The van der Waals surface area contributed by atoms with Crippen LogP contribution in [-0.2, 0) is 0 Å². The van der Waals surface area contributed by atoms with Gasteiger partial charge in [0, 0.05) is 50.7 Å². The fourth-order valence-corrected chi connectivity index (χ4v) is 3.47. The van der Waals surface area contributed by atoms with Crippen LogP contribution in [0.1, 0.15) is 10.4 Å². The number of hydrogen-bond acceptors (Lipinski definition) is 5. The zero-order chi connectivity index (χ0) is 18.7. The number of thioether (sulfide) groups is 1. The van der Waals surface area contributed by atoms with Crippen molar-refractivity contribution in [2.24, 2.45) is 0 Å². The van der Waals surface area contributed by atoms with Crippen molar-refractivity contribution in [2.45, 2.75) is 4.90 Å². The highest BCUT2D eigenvalue weighted by atomic mass is 32.2. The van der Waals surface area contributed by atoms with Gasteiger partial charge in [-0.2, -0.15) is 0 Å². The van der Waals surface area contributed by atoms with Crippen molar-refractivity contribution in [3.63, 3.8) is 0 Å². The minimum absolute atomic E-state index is 0.0681. The molecule has 0 aliphatic carbocycles. The van der Waals surface area contributed by atoms with Gasteiger partial charge in [0.2, 0.25) is 0 Å². The zero-order valence-corrected chi connectivity index (χ0v) is 16.7. The first-order valence-electron chi connectivity index (χ1n) is 8.80. The Morgan fingerprint density at radius 1 is 1.04 bits per heavy atom. The molecule has 6 heteroatoms. The second kappa shape index (κ2) is 8.10. The molecule has 1 aliphatic rings. The molecule has 1 aromatic carbocycles. The molecule has 0 bridgehead atoms. The van der Waals surface area contributed by atoms with E-state index in [1.54, 1.807) is 11.8 Å². The molecule has 2 aromatic rings. The summed E-state index contributed by atoms with van der Waals surface area (Å²) in [5, 5.41) is 0. The summed E-state index contributed by atoms with van der Waals surface area (Å²) in [6.45, 7) is 3.35. The molecule has 2 heterocycles. The first kappa shape index (κ1) is 18.7. The Morgan fingerprint density at radius 2 is 1.69 bits per heavy atom. The third-order valence-electron chi connectivity index (χ3n) is 4.71. The molecule has 26 heavy (non-hydrogen) atoms. The van der Waals surface area contributed by atoms with Gasteiger partial charge in [0.1, 0.15) is 5.82 Å². The van der Waals surface area contributed by atoms with E-state index in [0.29, 0.717) is 5.56 Å². The Labute approximate surface area is 160 Å². The van der Waals surface area contributed by atoms with E-state index >= 15 is 0 Å². The quantitative estimate of drug-likeness (QED) is 0.774. The van der Waals surface area contributed by atoms with Crippen LogP contribution in [0, 0.1) is 0 Å². The van der Waals surface area contributed by atoms with E-state index in [2.05, 4.69) is 42.5 Å². The number of likely N-dealkylation sites (N-methyl/N-ethyl adjacent to an activating group) is 1. The summed E-state index contributed by atoms with van der Waals surface area (Å²) in [6, 6.07) is 12.2. The van der Waals surface area contributed by atoms with Crippen LogP contribution in [0.25, 0.3) is 11.3 Å². The van der Waals surface area contributed by atoms with Crippen LogP contribution in [0.4, 0.5) is 5.82 Å². The Hall–Kier alpha value is -2.05. The SMILES string of the molecule is CSc1ccc(-c2ccc(C(=O)N3CCN(C)CC3)c(N(C)C)n2)cc1. The van der Waals surface area contributed by atoms with E-state index in [-0.39, 0.29) is 5.91 Å². The normalized spacial score (nSPS) is 15.2. The number of rotatable bonds is 4. The van der Waals surface area contributed by atoms with Gasteiger partial charge in [-0.05, 0) is 37.6 Å². The minimum Gasteiger partial charge on any atom is -0.362 e. The van der Waals surface area contributed by atoms with Gasteiger partial charge in [0.15, 0.2) is 0 Å². The van der Waals surface area contributed by atoms with E-state index in [1.165, 1.54) is 4.90 Å². The predicted octanol–water partition coefficient (Wildman–Crippen LogP) is 2.92. The average molecular weight is 371 g/mol. The lowest BCUT2D eigenvalue weighted by Gasteiger charge is -2.33. The summed E-state index contributed by atoms with van der Waals surface area (Å²) >= 11 is 1.72. The largest absolute Gasteiger partial charge is 0.362 e. The van der Waals surface area contributed by atoms with E-state index in [4.69, 9.17) is 4.98 Å². The lowest BCUT2D eigenvalue weighted by molar-refractivity contribution is 0.0664. The highest BCUT2D eigenvalue weighted by molar-refractivity contribution is 7.98. The van der Waals surface area contributed by atoms with Gasteiger partial charge in [-0.1, -0.05) is 12.1 Å². The smallest absolute Gasteiger partial charge is 0.257 e. The third kappa shape index (κ3) is 4.02. The average Bonchev–Trinajstić information content (AvgIpc) is 2.67. The molecule has 0 spiro atoms. The topological polar surface area (TPSA) is 39.7 Å². The van der Waals surface area contributed by atoms with Crippen molar-refractivity contribution in [1.29, 1.82) is 0 Å². The number of amides is 1. The zero-order valence-electron chi connectivity index (χ0n) is 15.9. The number of aromatic nitrogens is 1. The summed E-state index contributed by atoms with van der Waals surface area (Å²) in [7, 11) is 5.96. The van der Waals surface area contributed by atoms with Crippen molar-refractivity contribution in [1.82, 2.24) is 14.8 Å². The van der Waals surface area contributed by atoms with E-state index in [1.807, 2.05) is 36.0 Å². The molecule has 0 atom stereocenters. The lowest BCUT2D eigenvalue weighted by atomic mass is 10.1. The monoisotopic (exact) mass is 370 g/mol. The summed E-state index contributed by atoms with van der Waals surface area (Å²) in [5.41, 5.74) is 2.62. The lowest BCUT2D eigenvalue weighted by Crippen LogP contribution is -2.47. The fourth-order valence-electron chi connectivity index (χ4n) is 3.06. The highest BCUT2D eigenvalue weighted by Crippen LogP contribution is 2.26. The molecule has 0 radical (unpaired) electrons. The van der Waals surface area contributed by atoms with Crippen LogP contribution in [0.5, 0.6) is 0 Å². The summed E-state index contributed by atoms with van der Waals surface area (Å²) in [6.07, 6.45) is 2.07. The minimum atomic E-state index is 0.0681. The molecule has 0 saturated carbocycles. The Bertz CT molecular complexity index is 768. The fraction of sp³-hybridized carbons (Fsp3) is 0.400. The van der Waals surface area contributed by atoms with Gasteiger partial charge in [0.05, 0.1) is 11.3 Å². The number of nitrogens with zero attached hydrogens (tertiary/aromatic N) is 4. The molecule has 1 aromatic heterocycles. The molecule has 1 aliphatic heterocycles. The van der Waals surface area contributed by atoms with E-state index in [9.17, 15) is 4.79 Å². The number of pyridine rings is 1. The van der Waals surface area contributed by atoms with Gasteiger partial charge >= 0.3 is 0 Å². The molecular formula is C20H26N4OS. The summed E-state index contributed by atoms with van der Waals surface area (Å²) < 4.78 is 0. The van der Waals surface area contributed by atoms with Crippen molar-refractivity contribution < 1.29 is 4.79 Å². The van der Waals surface area contributed by atoms with Crippen LogP contribution >= 0.6 is 11.8 Å². The molecule has 138 valence electrons. The van der Waals surface area contributed by atoms with Crippen molar-refractivity contribution in [2.75, 3.05) is 58.5 Å². The molecule has 3 rings (SSSR count). The molecular weight excluding hydrogens is 344 g/mol. The van der Waals surface area contributed by atoms with Gasteiger partial charge < -0.3 is 14.7 Å². The molecule has 0 N–H and O–H groups in total. The maximum absolute atomic E-state index is 13.0. The Kier molecular flexibility index (Phi) is 5.84. The van der Waals surface area contributed by atoms with Crippen molar-refractivity contribution >= 4 is 23.5 Å². The maximum atomic E-state index is 13.0. The van der Waals surface area contributed by atoms with Gasteiger partial charge in [-0.3, -0.25) is 4.79 Å². The number of carbonyl (C=O) groups is 1. The van der Waals surface area contributed by atoms with Crippen LogP contribution in [0.2, 0.25) is 0 Å². The second-order valence-corrected chi connectivity index (χ2v) is 7.67. The number of piperazine rings is 1. The van der Waals surface area contributed by atoms with Crippen LogP contribution in [-0.4, -0.2) is 74.3 Å². The van der Waals surface area contributed by atoms with E-state index < -0.39 is 0 Å². The molecule has 1 fully saturated rings. The molecule has 0 unspecified atom stereocenters. The standard InChI is InChI=1S/C20H26N4OS/c1-22(2)19-17(20(25)24-13-11-23(3)12-14-24)9-10-18(21-19)15-5-7-16(26-4)8-6-15/h5-10H,11-14H2,1-4H3. The highest BCUT2D eigenvalue weighted by Gasteiger charge is 2.24. The van der Waals surface area contributed by atoms with Crippen LogP contribution in [0.15, 0.2) is 41.3 Å². The van der Waals surface area contributed by atoms with Crippen molar-refractivity contribution in [3.05, 3.63) is 42.0 Å². The van der Waals surface area contributed by atoms with E-state index in [0.717, 1.165) is 43.3 Å². The van der Waals surface area contributed by atoms with Crippen molar-refractivity contribution in [3.8, 4) is 11.3 Å². The molecule has 1 amide bonds. The number of carbonyl (C=O) groups excluding carboxylic acids is 1. The summed E-state index contributed by atoms with van der Waals surface area (Å²) in [4.78, 5) is 25.1. The Balaban J connectivity index is 1.90. The first-order chi connectivity index (χ1) is 12.5. The van der Waals surface area contributed by atoms with Gasteiger partial charge in [0.25, 0.3) is 5.91 Å². The molecule has 5 nitrogen and oxygen atoms in total. The first-order valence-corrected chi connectivity index (χ1v) is 10.0. The van der Waals surface area contributed by atoms with Gasteiger partial charge in [-0.15, -0.1) is 11.8 Å². The van der Waals surface area contributed by atoms with Gasteiger partial charge in [-0.25, -0.2) is 4.98 Å². The van der Waals surface area contributed by atoms with Crippen LogP contribution < -0.4 is 4.90 Å². The maximum Gasteiger partial charge on any atom is 0.257 e. The molecule has 1 saturated heterocycles. The third-order valence-corrected chi connectivity index (χ3v) is 5.45. The summed E-state index contributed by atoms with van der Waals surface area (Å²) in [5.74, 6) is 0.791. The van der Waals surface area contributed by atoms with Crippen LogP contribution in [0.3, 0.4) is 0 Å². The Morgan fingerprint density at radius 3 is 2.27 bits per heavy atom. The number of benzene rings is 1. The predicted molar refractivity (Wildman–Crippen MR) is 109 cm³/mol.